The molecule has 1 heterocycles. The number of hydrogen-bond donors (Lipinski definition) is 0. The minimum absolute atomic E-state index is 0.206. The third-order valence-corrected chi connectivity index (χ3v) is 4.45. The highest BCUT2D eigenvalue weighted by molar-refractivity contribution is 5.26. The van der Waals surface area contributed by atoms with E-state index in [-0.39, 0.29) is 5.79 Å². The van der Waals surface area contributed by atoms with E-state index in [0.29, 0.717) is 0 Å². The highest BCUT2D eigenvalue weighted by atomic mass is 16.7. The highest BCUT2D eigenvalue weighted by Gasteiger charge is 2.40. The quantitative estimate of drug-likeness (QED) is 0.795. The molecule has 1 aromatic carbocycles. The molecule has 1 spiro atoms. The van der Waals surface area contributed by atoms with E-state index in [4.69, 9.17) is 9.47 Å². The highest BCUT2D eigenvalue weighted by Crippen LogP contribution is 2.39. The second kappa shape index (κ2) is 5.02. The summed E-state index contributed by atoms with van der Waals surface area (Å²) in [6.07, 6.45) is 5.82. The molecule has 0 radical (unpaired) electrons. The van der Waals surface area contributed by atoms with Crippen molar-refractivity contribution in [2.45, 2.75) is 44.8 Å². The largest absolute Gasteiger partial charge is 0.348 e. The normalized spacial score (nSPS) is 23.6. The number of hydrogen-bond acceptors (Lipinski definition) is 2. The Hall–Kier alpha value is -0.860. The molecule has 0 bridgehead atoms. The van der Waals surface area contributed by atoms with Crippen LogP contribution in [0, 0.1) is 12.8 Å². The van der Waals surface area contributed by atoms with Gasteiger partial charge in [0.05, 0.1) is 13.2 Å². The van der Waals surface area contributed by atoms with Gasteiger partial charge in [-0.05, 0) is 43.2 Å². The molecule has 98 valence electrons. The fourth-order valence-corrected chi connectivity index (χ4v) is 3.26. The van der Waals surface area contributed by atoms with Gasteiger partial charge in [-0.1, -0.05) is 24.3 Å². The topological polar surface area (TPSA) is 18.5 Å². The van der Waals surface area contributed by atoms with E-state index in [1.165, 1.54) is 30.4 Å². The van der Waals surface area contributed by atoms with Gasteiger partial charge in [-0.3, -0.25) is 0 Å². The van der Waals surface area contributed by atoms with E-state index in [1.807, 2.05) is 0 Å². The molecule has 1 aliphatic heterocycles. The second-order valence-electron chi connectivity index (χ2n) is 5.68. The molecule has 2 nitrogen and oxygen atoms in total. The summed E-state index contributed by atoms with van der Waals surface area (Å²) in [5.41, 5.74) is 2.93. The first kappa shape index (κ1) is 12.2. The van der Waals surface area contributed by atoms with Crippen molar-refractivity contribution in [1.82, 2.24) is 0 Å². The molecule has 1 saturated heterocycles. The van der Waals surface area contributed by atoms with Crippen molar-refractivity contribution in [3.05, 3.63) is 35.4 Å². The van der Waals surface area contributed by atoms with Gasteiger partial charge in [0.1, 0.15) is 0 Å². The van der Waals surface area contributed by atoms with Crippen LogP contribution in [0.3, 0.4) is 0 Å². The number of rotatable bonds is 2. The summed E-state index contributed by atoms with van der Waals surface area (Å²) >= 11 is 0. The summed E-state index contributed by atoms with van der Waals surface area (Å²) in [4.78, 5) is 0. The van der Waals surface area contributed by atoms with Crippen LogP contribution < -0.4 is 0 Å². The van der Waals surface area contributed by atoms with Gasteiger partial charge >= 0.3 is 0 Å². The molecular formula is C16H22O2. The molecule has 0 amide bonds. The van der Waals surface area contributed by atoms with Crippen LogP contribution in [0.2, 0.25) is 0 Å². The van der Waals surface area contributed by atoms with Crippen molar-refractivity contribution in [1.29, 1.82) is 0 Å². The summed E-state index contributed by atoms with van der Waals surface area (Å²) in [6.45, 7) is 3.77. The second-order valence-corrected chi connectivity index (χ2v) is 5.68. The zero-order valence-electron chi connectivity index (χ0n) is 11.2. The van der Waals surface area contributed by atoms with E-state index >= 15 is 0 Å². The molecule has 0 aromatic heterocycles. The van der Waals surface area contributed by atoms with E-state index in [1.54, 1.807) is 0 Å². The number of benzene rings is 1. The zero-order valence-corrected chi connectivity index (χ0v) is 11.2. The van der Waals surface area contributed by atoms with Crippen LogP contribution in [0.15, 0.2) is 24.3 Å². The Bertz CT molecular complexity index is 397. The van der Waals surface area contributed by atoms with Crippen molar-refractivity contribution < 1.29 is 9.47 Å². The zero-order chi connectivity index (χ0) is 12.4. The average molecular weight is 246 g/mol. The molecule has 1 aromatic rings. The molecule has 2 aliphatic rings. The lowest BCUT2D eigenvalue weighted by Crippen LogP contribution is -2.35. The van der Waals surface area contributed by atoms with Crippen LogP contribution >= 0.6 is 0 Å². The van der Waals surface area contributed by atoms with Crippen molar-refractivity contribution in [2.75, 3.05) is 13.2 Å². The van der Waals surface area contributed by atoms with Crippen molar-refractivity contribution >= 4 is 0 Å². The van der Waals surface area contributed by atoms with Crippen LogP contribution in [-0.4, -0.2) is 19.0 Å². The standard InChI is InChI=1S/C16H22O2/c1-13-4-2-3-5-15(13)12-14-6-8-16(9-7-14)17-10-11-18-16/h2-5,14H,6-12H2,1H3. The fraction of sp³-hybridized carbons (Fsp3) is 0.625. The van der Waals surface area contributed by atoms with E-state index in [0.717, 1.165) is 32.0 Å². The molecule has 0 atom stereocenters. The minimum atomic E-state index is -0.206. The van der Waals surface area contributed by atoms with Crippen LogP contribution in [0.5, 0.6) is 0 Å². The van der Waals surface area contributed by atoms with Crippen molar-refractivity contribution in [3.8, 4) is 0 Å². The first-order valence-corrected chi connectivity index (χ1v) is 7.10. The van der Waals surface area contributed by atoms with Gasteiger partial charge in [0, 0.05) is 12.8 Å². The summed E-state index contributed by atoms with van der Waals surface area (Å²) in [5, 5.41) is 0. The Morgan fingerprint density at radius 2 is 1.78 bits per heavy atom. The summed E-state index contributed by atoms with van der Waals surface area (Å²) in [6, 6.07) is 8.75. The van der Waals surface area contributed by atoms with Gasteiger partial charge < -0.3 is 9.47 Å². The first-order valence-electron chi connectivity index (χ1n) is 7.10. The molecule has 0 unspecified atom stereocenters. The van der Waals surface area contributed by atoms with Crippen molar-refractivity contribution in [3.63, 3.8) is 0 Å². The van der Waals surface area contributed by atoms with Gasteiger partial charge in [0.25, 0.3) is 0 Å². The van der Waals surface area contributed by atoms with E-state index < -0.39 is 0 Å². The molecule has 2 heteroatoms. The van der Waals surface area contributed by atoms with Crippen LogP contribution in [0.1, 0.15) is 36.8 Å². The predicted molar refractivity (Wildman–Crippen MR) is 71.5 cm³/mol. The maximum atomic E-state index is 5.78. The van der Waals surface area contributed by atoms with Crippen molar-refractivity contribution in [2.24, 2.45) is 5.92 Å². The lowest BCUT2D eigenvalue weighted by atomic mass is 9.81. The molecule has 1 aliphatic carbocycles. The van der Waals surface area contributed by atoms with Gasteiger partial charge in [-0.2, -0.15) is 0 Å². The molecule has 18 heavy (non-hydrogen) atoms. The molecule has 0 N–H and O–H groups in total. The molecule has 1 saturated carbocycles. The Morgan fingerprint density at radius 3 is 2.44 bits per heavy atom. The lowest BCUT2D eigenvalue weighted by molar-refractivity contribution is -0.182. The van der Waals surface area contributed by atoms with Gasteiger partial charge in [0.2, 0.25) is 0 Å². The monoisotopic (exact) mass is 246 g/mol. The van der Waals surface area contributed by atoms with Gasteiger partial charge in [-0.25, -0.2) is 0 Å². The summed E-state index contributed by atoms with van der Waals surface area (Å²) < 4.78 is 11.6. The third kappa shape index (κ3) is 2.45. The fourth-order valence-electron chi connectivity index (χ4n) is 3.26. The summed E-state index contributed by atoms with van der Waals surface area (Å²) in [7, 11) is 0. The Labute approximate surface area is 109 Å². The average Bonchev–Trinajstić information content (AvgIpc) is 2.84. The van der Waals surface area contributed by atoms with E-state index in [2.05, 4.69) is 31.2 Å². The van der Waals surface area contributed by atoms with E-state index in [9.17, 15) is 0 Å². The molecule has 3 rings (SSSR count). The van der Waals surface area contributed by atoms with Gasteiger partial charge in [0.15, 0.2) is 5.79 Å². The van der Waals surface area contributed by atoms with Crippen LogP contribution in [-0.2, 0) is 15.9 Å². The third-order valence-electron chi connectivity index (χ3n) is 4.45. The Morgan fingerprint density at radius 1 is 1.11 bits per heavy atom. The Kier molecular flexibility index (Phi) is 3.40. The maximum Gasteiger partial charge on any atom is 0.168 e. The Balaban J connectivity index is 1.59. The number of aryl methyl sites for hydroxylation is 1. The van der Waals surface area contributed by atoms with Crippen LogP contribution in [0.4, 0.5) is 0 Å². The lowest BCUT2D eigenvalue weighted by Gasteiger charge is -2.35. The van der Waals surface area contributed by atoms with Gasteiger partial charge in [-0.15, -0.1) is 0 Å². The summed E-state index contributed by atoms with van der Waals surface area (Å²) in [5.74, 6) is 0.590. The molecular weight excluding hydrogens is 224 g/mol. The van der Waals surface area contributed by atoms with Crippen LogP contribution in [0.25, 0.3) is 0 Å². The number of ether oxygens (including phenoxy) is 2. The minimum Gasteiger partial charge on any atom is -0.348 e. The maximum absolute atomic E-state index is 5.78. The first-order chi connectivity index (χ1) is 8.77. The smallest absolute Gasteiger partial charge is 0.168 e. The molecule has 2 fully saturated rings. The SMILES string of the molecule is Cc1ccccc1CC1CCC2(CC1)OCCO2. The predicted octanol–water partition coefficient (Wildman–Crippen LogP) is 3.47.